The highest BCUT2D eigenvalue weighted by molar-refractivity contribution is 5.86. The van der Waals surface area contributed by atoms with Crippen LogP contribution in [0.1, 0.15) is 12.8 Å². The van der Waals surface area contributed by atoms with Gasteiger partial charge >= 0.3 is 0 Å². The fraction of sp³-hybridized carbons (Fsp3) is 0.615. The van der Waals surface area contributed by atoms with E-state index in [1.54, 1.807) is 11.0 Å². The van der Waals surface area contributed by atoms with Crippen molar-refractivity contribution in [1.29, 1.82) is 0 Å². The molecule has 1 aliphatic rings. The molecule has 0 amide bonds. The van der Waals surface area contributed by atoms with Crippen LogP contribution in [0.5, 0.6) is 0 Å². The Labute approximate surface area is 112 Å². The molecular weight excluding hydrogens is 240 g/mol. The Bertz CT molecular complexity index is 557. The smallest absolute Gasteiger partial charge is 0.163 e. The molecule has 1 unspecified atom stereocenters. The van der Waals surface area contributed by atoms with Crippen LogP contribution in [0, 0.1) is 5.92 Å². The number of aromatic nitrogens is 4. The Morgan fingerprint density at radius 2 is 2.37 bits per heavy atom. The lowest BCUT2D eigenvalue weighted by Crippen LogP contribution is -2.37. The maximum absolute atomic E-state index is 4.43. The summed E-state index contributed by atoms with van der Waals surface area (Å²) in [5.41, 5.74) is 0.888. The first kappa shape index (κ1) is 12.3. The van der Waals surface area contributed by atoms with E-state index < -0.39 is 0 Å². The van der Waals surface area contributed by atoms with Crippen LogP contribution in [-0.2, 0) is 7.05 Å². The normalized spacial score (nSPS) is 19.8. The maximum Gasteiger partial charge on any atom is 0.163 e. The highest BCUT2D eigenvalue weighted by Gasteiger charge is 2.18. The highest BCUT2D eigenvalue weighted by atomic mass is 15.3. The average molecular weight is 260 g/mol. The van der Waals surface area contributed by atoms with Crippen LogP contribution in [0.4, 0.5) is 5.82 Å². The lowest BCUT2D eigenvalue weighted by molar-refractivity contribution is 0.381. The van der Waals surface area contributed by atoms with Gasteiger partial charge in [0.05, 0.1) is 11.6 Å². The minimum Gasteiger partial charge on any atom is -0.359 e. The summed E-state index contributed by atoms with van der Waals surface area (Å²) in [4.78, 5) is 10.9. The third-order valence-corrected chi connectivity index (χ3v) is 3.80. The predicted molar refractivity (Wildman–Crippen MR) is 75.2 cm³/mol. The Balaban J connectivity index is 1.82. The van der Waals surface area contributed by atoms with Crippen molar-refractivity contribution in [2.45, 2.75) is 12.8 Å². The van der Waals surface area contributed by atoms with E-state index in [2.05, 4.69) is 32.3 Å². The number of hydrogen-bond donors (Lipinski definition) is 1. The van der Waals surface area contributed by atoms with E-state index in [9.17, 15) is 0 Å². The molecule has 1 N–H and O–H groups in total. The van der Waals surface area contributed by atoms with E-state index in [1.165, 1.54) is 12.8 Å². The van der Waals surface area contributed by atoms with E-state index in [-0.39, 0.29) is 0 Å². The van der Waals surface area contributed by atoms with Gasteiger partial charge in [0.2, 0.25) is 0 Å². The van der Waals surface area contributed by atoms with Crippen molar-refractivity contribution in [3.05, 3.63) is 12.5 Å². The van der Waals surface area contributed by atoms with Crippen molar-refractivity contribution >= 4 is 16.9 Å². The number of nitrogens with one attached hydrogen (secondary N) is 1. The van der Waals surface area contributed by atoms with Gasteiger partial charge in [0.15, 0.2) is 5.65 Å². The summed E-state index contributed by atoms with van der Waals surface area (Å²) in [6.07, 6.45) is 6.03. The average Bonchev–Trinajstić information content (AvgIpc) is 2.82. The molecule has 1 saturated heterocycles. The molecular formula is C13H20N6. The molecule has 0 radical (unpaired) electrons. The number of aryl methyl sites for hydroxylation is 1. The van der Waals surface area contributed by atoms with Crippen molar-refractivity contribution in [3.63, 3.8) is 0 Å². The summed E-state index contributed by atoms with van der Waals surface area (Å²) in [6.45, 7) is 3.28. The molecule has 6 nitrogen and oxygen atoms in total. The standard InChI is InChI=1S/C13H20N6/c1-18(8-10-4-3-5-14-6-10)12-11-7-17-19(2)13(11)16-9-15-12/h7,9-10,14H,3-6,8H2,1-2H3. The van der Waals surface area contributed by atoms with Crippen molar-refractivity contribution in [1.82, 2.24) is 25.1 Å². The fourth-order valence-electron chi connectivity index (χ4n) is 2.81. The van der Waals surface area contributed by atoms with Crippen LogP contribution >= 0.6 is 0 Å². The summed E-state index contributed by atoms with van der Waals surface area (Å²) in [5, 5.41) is 8.74. The van der Waals surface area contributed by atoms with Crippen LogP contribution in [0.3, 0.4) is 0 Å². The van der Waals surface area contributed by atoms with Crippen LogP contribution < -0.4 is 10.2 Å². The SMILES string of the molecule is CN(CC1CCCNC1)c1ncnc2c1cnn2C. The molecule has 102 valence electrons. The summed E-state index contributed by atoms with van der Waals surface area (Å²) in [6, 6.07) is 0. The second-order valence-electron chi connectivity index (χ2n) is 5.30. The first-order chi connectivity index (χ1) is 9.25. The van der Waals surface area contributed by atoms with E-state index >= 15 is 0 Å². The third-order valence-electron chi connectivity index (χ3n) is 3.80. The van der Waals surface area contributed by atoms with Crippen molar-refractivity contribution < 1.29 is 0 Å². The second-order valence-corrected chi connectivity index (χ2v) is 5.30. The Morgan fingerprint density at radius 1 is 1.47 bits per heavy atom. The van der Waals surface area contributed by atoms with E-state index in [1.807, 2.05) is 13.2 Å². The zero-order valence-corrected chi connectivity index (χ0v) is 11.5. The summed E-state index contributed by atoms with van der Waals surface area (Å²) < 4.78 is 1.79. The van der Waals surface area contributed by atoms with Gasteiger partial charge in [0.1, 0.15) is 12.1 Å². The van der Waals surface area contributed by atoms with Crippen LogP contribution in [0.25, 0.3) is 11.0 Å². The molecule has 0 aromatic carbocycles. The topological polar surface area (TPSA) is 58.9 Å². The monoisotopic (exact) mass is 260 g/mol. The molecule has 6 heteroatoms. The Hall–Kier alpha value is -1.69. The molecule has 0 spiro atoms. The molecule has 1 aliphatic heterocycles. The summed E-state index contributed by atoms with van der Waals surface area (Å²) in [7, 11) is 4.01. The minimum atomic E-state index is 0.695. The van der Waals surface area contributed by atoms with Gasteiger partial charge < -0.3 is 10.2 Å². The third kappa shape index (κ3) is 2.40. The molecule has 3 heterocycles. The maximum atomic E-state index is 4.43. The van der Waals surface area contributed by atoms with Gasteiger partial charge in [0.25, 0.3) is 0 Å². The number of anilines is 1. The molecule has 0 saturated carbocycles. The van der Waals surface area contributed by atoms with Crippen LogP contribution in [0.15, 0.2) is 12.5 Å². The Morgan fingerprint density at radius 3 is 3.16 bits per heavy atom. The quantitative estimate of drug-likeness (QED) is 0.884. The zero-order chi connectivity index (χ0) is 13.2. The van der Waals surface area contributed by atoms with Crippen molar-refractivity contribution in [3.8, 4) is 0 Å². The lowest BCUT2D eigenvalue weighted by Gasteiger charge is -2.28. The molecule has 1 atom stereocenters. The van der Waals surface area contributed by atoms with Gasteiger partial charge in [-0.15, -0.1) is 0 Å². The van der Waals surface area contributed by atoms with Gasteiger partial charge in [0, 0.05) is 20.6 Å². The molecule has 19 heavy (non-hydrogen) atoms. The number of fused-ring (bicyclic) bond motifs is 1. The predicted octanol–water partition coefficient (Wildman–Crippen LogP) is 0.799. The van der Waals surface area contributed by atoms with Crippen molar-refractivity contribution in [2.24, 2.45) is 13.0 Å². The highest BCUT2D eigenvalue weighted by Crippen LogP contribution is 2.22. The molecule has 3 rings (SSSR count). The molecule has 0 aliphatic carbocycles. The largest absolute Gasteiger partial charge is 0.359 e. The van der Waals surface area contributed by atoms with E-state index in [0.29, 0.717) is 5.92 Å². The minimum absolute atomic E-state index is 0.695. The Kier molecular flexibility index (Phi) is 3.33. The zero-order valence-electron chi connectivity index (χ0n) is 11.5. The summed E-state index contributed by atoms with van der Waals surface area (Å²) >= 11 is 0. The van der Waals surface area contributed by atoms with Gasteiger partial charge in [-0.25, -0.2) is 9.97 Å². The fourth-order valence-corrected chi connectivity index (χ4v) is 2.81. The van der Waals surface area contributed by atoms with Gasteiger partial charge in [-0.05, 0) is 31.8 Å². The number of nitrogens with zero attached hydrogens (tertiary/aromatic N) is 5. The number of piperidine rings is 1. The second kappa shape index (κ2) is 5.13. The van der Waals surface area contributed by atoms with Crippen LogP contribution in [-0.4, -0.2) is 46.4 Å². The number of rotatable bonds is 3. The van der Waals surface area contributed by atoms with Gasteiger partial charge in [-0.1, -0.05) is 0 Å². The van der Waals surface area contributed by atoms with E-state index in [0.717, 1.165) is 36.5 Å². The molecule has 2 aromatic heterocycles. The van der Waals surface area contributed by atoms with Gasteiger partial charge in [-0.2, -0.15) is 5.10 Å². The number of hydrogen-bond acceptors (Lipinski definition) is 5. The van der Waals surface area contributed by atoms with Crippen LogP contribution in [0.2, 0.25) is 0 Å². The lowest BCUT2D eigenvalue weighted by atomic mass is 9.99. The summed E-state index contributed by atoms with van der Waals surface area (Å²) in [5.74, 6) is 1.67. The molecule has 0 bridgehead atoms. The van der Waals surface area contributed by atoms with E-state index in [4.69, 9.17) is 0 Å². The first-order valence-electron chi connectivity index (χ1n) is 6.80. The van der Waals surface area contributed by atoms with Crippen molar-refractivity contribution in [2.75, 3.05) is 31.6 Å². The van der Waals surface area contributed by atoms with Gasteiger partial charge in [-0.3, -0.25) is 4.68 Å². The molecule has 1 fully saturated rings. The molecule has 2 aromatic rings. The first-order valence-corrected chi connectivity index (χ1v) is 6.80.